The van der Waals surface area contributed by atoms with Crippen LogP contribution in [0.3, 0.4) is 0 Å². The lowest BCUT2D eigenvalue weighted by Gasteiger charge is -2.09. The molecule has 0 bridgehead atoms. The van der Waals surface area contributed by atoms with Crippen LogP contribution in [0.25, 0.3) is 10.9 Å². The minimum absolute atomic E-state index is 0.137. The van der Waals surface area contributed by atoms with E-state index in [9.17, 15) is 9.59 Å². The van der Waals surface area contributed by atoms with Crippen molar-refractivity contribution in [2.24, 2.45) is 0 Å². The molecule has 0 saturated carbocycles. The Bertz CT molecular complexity index is 1170. The number of carbonyl (C=O) groups excluding carboxylic acids is 1. The third kappa shape index (κ3) is 3.50. The highest BCUT2D eigenvalue weighted by atomic mass is 16.3. The highest BCUT2D eigenvalue weighted by molar-refractivity contribution is 5.89. The number of rotatable bonds is 5. The normalized spacial score (nSPS) is 11.0. The molecule has 8 nitrogen and oxygen atoms in total. The second kappa shape index (κ2) is 6.91. The Morgan fingerprint density at radius 2 is 2.04 bits per heavy atom. The molecular weight excluding hydrogens is 346 g/mol. The van der Waals surface area contributed by atoms with Crippen molar-refractivity contribution in [1.29, 1.82) is 0 Å². The molecule has 1 aromatic carbocycles. The number of benzene rings is 1. The molecule has 3 aromatic heterocycles. The number of amides is 1. The van der Waals surface area contributed by atoms with E-state index in [0.29, 0.717) is 23.3 Å². The van der Waals surface area contributed by atoms with Gasteiger partial charge in [0.1, 0.15) is 30.4 Å². The molecule has 4 aromatic rings. The SMILES string of the molecule is Cc1ccc(Cn2nccc2NC(=O)Cn2cnc3ccccc3c2=O)o1. The number of aryl methyl sites for hydroxylation is 1. The maximum atomic E-state index is 12.5. The Morgan fingerprint density at radius 1 is 1.19 bits per heavy atom. The molecule has 0 fully saturated rings. The van der Waals surface area contributed by atoms with Crippen molar-refractivity contribution in [3.05, 3.63) is 76.9 Å². The van der Waals surface area contributed by atoms with Crippen LogP contribution in [0.2, 0.25) is 0 Å². The van der Waals surface area contributed by atoms with E-state index in [1.165, 1.54) is 10.9 Å². The molecule has 1 N–H and O–H groups in total. The average molecular weight is 363 g/mol. The Morgan fingerprint density at radius 3 is 2.85 bits per heavy atom. The molecule has 0 radical (unpaired) electrons. The van der Waals surface area contributed by atoms with Crippen molar-refractivity contribution < 1.29 is 9.21 Å². The van der Waals surface area contributed by atoms with Gasteiger partial charge in [0.05, 0.1) is 23.4 Å². The van der Waals surface area contributed by atoms with Crippen LogP contribution in [0.4, 0.5) is 5.82 Å². The van der Waals surface area contributed by atoms with Gasteiger partial charge in [-0.15, -0.1) is 0 Å². The van der Waals surface area contributed by atoms with E-state index in [4.69, 9.17) is 4.42 Å². The van der Waals surface area contributed by atoms with Gasteiger partial charge < -0.3 is 9.73 Å². The predicted molar refractivity (Wildman–Crippen MR) is 99.4 cm³/mol. The standard InChI is InChI=1S/C19H17N5O3/c1-13-6-7-14(27-13)10-24-17(8-9-21-24)22-18(25)11-23-12-20-16-5-3-2-4-15(16)19(23)26/h2-9,12H,10-11H2,1H3,(H,22,25). The monoisotopic (exact) mass is 363 g/mol. The molecule has 0 unspecified atom stereocenters. The van der Waals surface area contributed by atoms with Gasteiger partial charge in [0, 0.05) is 6.07 Å². The summed E-state index contributed by atoms with van der Waals surface area (Å²) in [6, 6.07) is 12.5. The largest absolute Gasteiger partial charge is 0.464 e. The van der Waals surface area contributed by atoms with Gasteiger partial charge >= 0.3 is 0 Å². The third-order valence-corrected chi connectivity index (χ3v) is 4.13. The van der Waals surface area contributed by atoms with Crippen LogP contribution in [-0.2, 0) is 17.9 Å². The van der Waals surface area contributed by atoms with Crippen LogP contribution < -0.4 is 10.9 Å². The fourth-order valence-electron chi connectivity index (χ4n) is 2.84. The number of furan rings is 1. The highest BCUT2D eigenvalue weighted by Gasteiger charge is 2.12. The maximum Gasteiger partial charge on any atom is 0.261 e. The fraction of sp³-hybridized carbons (Fsp3) is 0.158. The molecular formula is C19H17N5O3. The summed E-state index contributed by atoms with van der Waals surface area (Å²) in [4.78, 5) is 29.1. The number of nitrogens with zero attached hydrogens (tertiary/aromatic N) is 4. The molecule has 27 heavy (non-hydrogen) atoms. The molecule has 0 atom stereocenters. The number of anilines is 1. The smallest absolute Gasteiger partial charge is 0.261 e. The Balaban J connectivity index is 1.50. The Labute approximate surface area is 154 Å². The number of carbonyl (C=O) groups is 1. The summed E-state index contributed by atoms with van der Waals surface area (Å²) in [5.74, 6) is 1.73. The zero-order valence-corrected chi connectivity index (χ0v) is 14.6. The van der Waals surface area contributed by atoms with E-state index < -0.39 is 0 Å². The van der Waals surface area contributed by atoms with Gasteiger partial charge in [-0.1, -0.05) is 12.1 Å². The summed E-state index contributed by atoms with van der Waals surface area (Å²) >= 11 is 0. The summed E-state index contributed by atoms with van der Waals surface area (Å²) in [6.45, 7) is 2.13. The number of aromatic nitrogens is 4. The number of hydrogen-bond acceptors (Lipinski definition) is 5. The quantitative estimate of drug-likeness (QED) is 0.586. The van der Waals surface area contributed by atoms with Crippen molar-refractivity contribution >= 4 is 22.6 Å². The van der Waals surface area contributed by atoms with Gasteiger partial charge in [-0.2, -0.15) is 5.10 Å². The van der Waals surface area contributed by atoms with Crippen molar-refractivity contribution in [2.75, 3.05) is 5.32 Å². The molecule has 0 aliphatic rings. The lowest BCUT2D eigenvalue weighted by molar-refractivity contribution is -0.116. The summed E-state index contributed by atoms with van der Waals surface area (Å²) in [6.07, 6.45) is 2.97. The highest BCUT2D eigenvalue weighted by Crippen LogP contribution is 2.13. The number of hydrogen-bond donors (Lipinski definition) is 1. The average Bonchev–Trinajstić information content (AvgIpc) is 3.27. The van der Waals surface area contributed by atoms with Crippen LogP contribution in [0.5, 0.6) is 0 Å². The van der Waals surface area contributed by atoms with Gasteiger partial charge in [0.15, 0.2) is 0 Å². The lowest BCUT2D eigenvalue weighted by atomic mass is 10.2. The van der Waals surface area contributed by atoms with Crippen molar-refractivity contribution in [2.45, 2.75) is 20.0 Å². The molecule has 0 saturated heterocycles. The Kier molecular flexibility index (Phi) is 4.29. The molecule has 4 rings (SSSR count). The van der Waals surface area contributed by atoms with Gasteiger partial charge in [-0.05, 0) is 31.2 Å². The third-order valence-electron chi connectivity index (χ3n) is 4.13. The van der Waals surface area contributed by atoms with Gasteiger partial charge in [-0.3, -0.25) is 14.2 Å². The number of nitrogens with one attached hydrogen (secondary N) is 1. The first kappa shape index (κ1) is 16.8. The molecule has 3 heterocycles. The summed E-state index contributed by atoms with van der Waals surface area (Å²) in [5.41, 5.74) is 0.348. The molecule has 0 aliphatic carbocycles. The van der Waals surface area contributed by atoms with E-state index in [1.807, 2.05) is 25.1 Å². The second-order valence-electron chi connectivity index (χ2n) is 6.13. The van der Waals surface area contributed by atoms with Gasteiger partial charge in [0.25, 0.3) is 5.56 Å². The van der Waals surface area contributed by atoms with E-state index in [-0.39, 0.29) is 18.0 Å². The van der Waals surface area contributed by atoms with E-state index in [0.717, 1.165) is 11.5 Å². The molecule has 8 heteroatoms. The first-order valence-corrected chi connectivity index (χ1v) is 8.41. The minimum atomic E-state index is -0.341. The van der Waals surface area contributed by atoms with Crippen molar-refractivity contribution in [3.63, 3.8) is 0 Å². The second-order valence-corrected chi connectivity index (χ2v) is 6.13. The Hall–Kier alpha value is -3.68. The first-order valence-electron chi connectivity index (χ1n) is 8.41. The van der Waals surface area contributed by atoms with Crippen LogP contribution in [0, 0.1) is 6.92 Å². The molecule has 0 spiro atoms. The van der Waals surface area contributed by atoms with Gasteiger partial charge in [0.2, 0.25) is 5.91 Å². The number of fused-ring (bicyclic) bond motifs is 1. The molecule has 136 valence electrons. The zero-order chi connectivity index (χ0) is 18.8. The molecule has 0 aliphatic heterocycles. The van der Waals surface area contributed by atoms with Crippen LogP contribution in [0.15, 0.2) is 64.2 Å². The predicted octanol–water partition coefficient (Wildman–Crippen LogP) is 2.18. The lowest BCUT2D eigenvalue weighted by Crippen LogP contribution is -2.28. The summed E-state index contributed by atoms with van der Waals surface area (Å²) < 4.78 is 8.45. The first-order chi connectivity index (χ1) is 13.1. The van der Waals surface area contributed by atoms with Crippen molar-refractivity contribution in [3.8, 4) is 0 Å². The van der Waals surface area contributed by atoms with E-state index >= 15 is 0 Å². The van der Waals surface area contributed by atoms with Gasteiger partial charge in [-0.25, -0.2) is 9.67 Å². The zero-order valence-electron chi connectivity index (χ0n) is 14.6. The van der Waals surface area contributed by atoms with E-state index in [2.05, 4.69) is 15.4 Å². The minimum Gasteiger partial charge on any atom is -0.464 e. The van der Waals surface area contributed by atoms with Crippen LogP contribution in [-0.4, -0.2) is 25.2 Å². The topological polar surface area (TPSA) is 95.0 Å². The summed E-state index contributed by atoms with van der Waals surface area (Å²) in [7, 11) is 0. The van der Waals surface area contributed by atoms with Crippen molar-refractivity contribution in [1.82, 2.24) is 19.3 Å². The molecule has 1 amide bonds. The number of para-hydroxylation sites is 1. The fourth-order valence-corrected chi connectivity index (χ4v) is 2.84. The van der Waals surface area contributed by atoms with E-state index in [1.54, 1.807) is 35.1 Å². The summed E-state index contributed by atoms with van der Waals surface area (Å²) in [5, 5.41) is 7.45. The maximum absolute atomic E-state index is 12.5. The van der Waals surface area contributed by atoms with Crippen LogP contribution >= 0.6 is 0 Å². The van der Waals surface area contributed by atoms with Crippen LogP contribution in [0.1, 0.15) is 11.5 Å².